The molecular weight excluding hydrogens is 138 g/mol. The van der Waals surface area contributed by atoms with Gasteiger partial charge in [-0.05, 0) is 12.2 Å². The SMILES string of the molecule is O[NH+]([S-])C(=S)S. The molecule has 2 N–H and O–H groups in total. The van der Waals surface area contributed by atoms with Crippen LogP contribution >= 0.6 is 24.8 Å². The van der Waals surface area contributed by atoms with E-state index in [1.54, 1.807) is 0 Å². The number of nitrogens with one attached hydrogen (secondary N) is 1. The zero-order valence-electron chi connectivity index (χ0n) is 2.71. The zero-order chi connectivity index (χ0) is 5.15. The second kappa shape index (κ2) is 2.81. The molecule has 0 saturated carbocycles. The number of thiol groups is 1. The van der Waals surface area contributed by atoms with Crippen LogP contribution in [0.5, 0.6) is 0 Å². The van der Waals surface area contributed by atoms with Gasteiger partial charge in [-0.2, -0.15) is 0 Å². The number of quaternary nitrogens is 1. The Kier molecular flexibility index (Phi) is 3.15. The van der Waals surface area contributed by atoms with Crippen LogP contribution in [-0.4, -0.2) is 9.53 Å². The molecule has 36 valence electrons. The molecule has 0 bridgehead atoms. The minimum Gasteiger partial charge on any atom is -0.447 e. The van der Waals surface area contributed by atoms with Crippen molar-refractivity contribution in [1.29, 1.82) is 0 Å². The molecule has 2 nitrogen and oxygen atoms in total. The highest BCUT2D eigenvalue weighted by molar-refractivity contribution is 8.10. The van der Waals surface area contributed by atoms with Gasteiger partial charge in [0.1, 0.15) is 0 Å². The lowest BCUT2D eigenvalue weighted by atomic mass is 11.5. The quantitative estimate of drug-likeness (QED) is 0.173. The fourth-order valence-electron chi connectivity index (χ4n) is 0. The van der Waals surface area contributed by atoms with Gasteiger partial charge in [0.2, 0.25) is 4.32 Å². The molecule has 0 aliphatic heterocycles. The minimum absolute atomic E-state index is 0.0741. The van der Waals surface area contributed by atoms with Crippen molar-refractivity contribution in [3.8, 4) is 0 Å². The third kappa shape index (κ3) is 2.92. The van der Waals surface area contributed by atoms with Gasteiger partial charge in [0.25, 0.3) is 0 Å². The number of hydrogen-bond donors (Lipinski definition) is 3. The van der Waals surface area contributed by atoms with Gasteiger partial charge in [-0.15, -0.1) is 0 Å². The van der Waals surface area contributed by atoms with Gasteiger partial charge in [0.05, 0.1) is 0 Å². The van der Waals surface area contributed by atoms with Crippen molar-refractivity contribution in [1.82, 2.24) is 0 Å². The predicted molar refractivity (Wildman–Crippen MR) is 31.7 cm³/mol. The van der Waals surface area contributed by atoms with E-state index in [4.69, 9.17) is 5.21 Å². The lowest BCUT2D eigenvalue weighted by Gasteiger charge is -2.06. The molecule has 5 heteroatoms. The molecule has 0 heterocycles. The van der Waals surface area contributed by atoms with Gasteiger partial charge in [-0.3, -0.25) is 4.47 Å². The molecule has 0 radical (unpaired) electrons. The van der Waals surface area contributed by atoms with Crippen molar-refractivity contribution in [3.05, 3.63) is 0 Å². The Bertz CT molecular complexity index is 61.8. The van der Waals surface area contributed by atoms with Crippen molar-refractivity contribution in [2.24, 2.45) is 0 Å². The van der Waals surface area contributed by atoms with Gasteiger partial charge in [0.15, 0.2) is 0 Å². The summed E-state index contributed by atoms with van der Waals surface area (Å²) >= 11 is 12.0. The Labute approximate surface area is 52.1 Å². The Hall–Kier alpha value is 0.710. The van der Waals surface area contributed by atoms with E-state index in [0.717, 1.165) is 0 Å². The van der Waals surface area contributed by atoms with Crippen molar-refractivity contribution in [2.45, 2.75) is 0 Å². The highest BCUT2D eigenvalue weighted by Gasteiger charge is 1.86. The number of rotatable bonds is 0. The molecular formula is CH3NOS3. The maximum Gasteiger partial charge on any atom is 0.242 e. The summed E-state index contributed by atoms with van der Waals surface area (Å²) in [6, 6.07) is 0. The van der Waals surface area contributed by atoms with Gasteiger partial charge < -0.3 is 12.8 Å². The maximum atomic E-state index is 8.14. The first-order chi connectivity index (χ1) is 2.64. The number of thiocarbonyl (C=S) groups is 1. The third-order valence-electron chi connectivity index (χ3n) is 0.183. The molecule has 0 rings (SSSR count). The summed E-state index contributed by atoms with van der Waals surface area (Å²) in [5, 5.41) is 8.14. The molecule has 0 amide bonds. The Morgan fingerprint density at radius 2 is 2.17 bits per heavy atom. The van der Waals surface area contributed by atoms with Crippen LogP contribution in [-0.2, 0) is 12.8 Å². The van der Waals surface area contributed by atoms with Crippen LogP contribution in [0.4, 0.5) is 0 Å². The maximum absolute atomic E-state index is 8.14. The van der Waals surface area contributed by atoms with E-state index in [9.17, 15) is 0 Å². The summed E-state index contributed by atoms with van der Waals surface area (Å²) in [7, 11) is 0. The molecule has 0 aromatic carbocycles. The van der Waals surface area contributed by atoms with Gasteiger partial charge in [0, 0.05) is 0 Å². The summed E-state index contributed by atoms with van der Waals surface area (Å²) in [5.41, 5.74) is 0. The molecule has 0 saturated heterocycles. The highest BCUT2D eigenvalue weighted by atomic mass is 32.1. The molecule has 0 aromatic heterocycles. The van der Waals surface area contributed by atoms with E-state index >= 15 is 0 Å². The smallest absolute Gasteiger partial charge is 0.242 e. The van der Waals surface area contributed by atoms with Crippen LogP contribution in [0.3, 0.4) is 0 Å². The summed E-state index contributed by atoms with van der Waals surface area (Å²) < 4.78 is -0.238. The average Bonchev–Trinajstić information content (AvgIpc) is 1.36. The fourth-order valence-corrected chi connectivity index (χ4v) is 0. The van der Waals surface area contributed by atoms with Crippen LogP contribution in [0.1, 0.15) is 0 Å². The largest absolute Gasteiger partial charge is 0.447 e. The predicted octanol–water partition coefficient (Wildman–Crippen LogP) is -1.06. The topological polar surface area (TPSA) is 24.7 Å². The monoisotopic (exact) mass is 141 g/mol. The third-order valence-corrected chi connectivity index (χ3v) is 1.07. The fraction of sp³-hybridized carbons (Fsp3) is 0. The van der Waals surface area contributed by atoms with E-state index in [-0.39, 0.29) is 8.79 Å². The normalized spacial score (nSPS) is 13.8. The Morgan fingerprint density at radius 1 is 2.00 bits per heavy atom. The summed E-state index contributed by atoms with van der Waals surface area (Å²) in [4.78, 5) is 0. The molecule has 0 spiro atoms. The number of hydrogen-bond acceptors (Lipinski definition) is 3. The Balaban J connectivity index is 3.26. The van der Waals surface area contributed by atoms with Crippen LogP contribution in [0.2, 0.25) is 0 Å². The second-order valence-electron chi connectivity index (χ2n) is 0.610. The highest BCUT2D eigenvalue weighted by Crippen LogP contribution is 1.64. The first-order valence-electron chi connectivity index (χ1n) is 1.11. The van der Waals surface area contributed by atoms with Gasteiger partial charge in [-0.25, -0.2) is 5.21 Å². The van der Waals surface area contributed by atoms with Crippen molar-refractivity contribution >= 4 is 42.0 Å². The Morgan fingerprint density at radius 3 is 2.17 bits per heavy atom. The van der Waals surface area contributed by atoms with E-state index < -0.39 is 0 Å². The van der Waals surface area contributed by atoms with Crippen LogP contribution in [0, 0.1) is 0 Å². The molecule has 1 unspecified atom stereocenters. The van der Waals surface area contributed by atoms with E-state index in [1.165, 1.54) is 0 Å². The molecule has 0 aliphatic rings. The molecule has 0 fully saturated rings. The first kappa shape index (κ1) is 6.71. The zero-order valence-corrected chi connectivity index (χ0v) is 5.24. The van der Waals surface area contributed by atoms with E-state index in [1.807, 2.05) is 0 Å². The van der Waals surface area contributed by atoms with Crippen molar-refractivity contribution in [2.75, 3.05) is 0 Å². The van der Waals surface area contributed by atoms with E-state index in [0.29, 0.717) is 0 Å². The molecule has 6 heavy (non-hydrogen) atoms. The van der Waals surface area contributed by atoms with Crippen LogP contribution in [0.25, 0.3) is 0 Å². The standard InChI is InChI=1S/CH3NOS3/c3-2(6)1(4)5/h2-3H,(H,4,5). The summed E-state index contributed by atoms with van der Waals surface area (Å²) in [5.74, 6) is 0. The average molecular weight is 141 g/mol. The lowest BCUT2D eigenvalue weighted by molar-refractivity contribution is -0.882. The minimum atomic E-state index is -0.312. The lowest BCUT2D eigenvalue weighted by Crippen LogP contribution is -3.06. The van der Waals surface area contributed by atoms with Gasteiger partial charge in [-0.1, -0.05) is 12.6 Å². The molecule has 0 aliphatic carbocycles. The van der Waals surface area contributed by atoms with Crippen LogP contribution in [0.15, 0.2) is 0 Å². The second-order valence-corrected chi connectivity index (χ2v) is 2.16. The first-order valence-corrected chi connectivity index (χ1v) is 2.37. The molecule has 0 aromatic rings. The van der Waals surface area contributed by atoms with Crippen LogP contribution < -0.4 is 4.47 Å². The summed E-state index contributed by atoms with van der Waals surface area (Å²) in [6.45, 7) is 0. The van der Waals surface area contributed by atoms with Crippen molar-refractivity contribution < 1.29 is 9.68 Å². The van der Waals surface area contributed by atoms with Crippen molar-refractivity contribution in [3.63, 3.8) is 0 Å². The van der Waals surface area contributed by atoms with Gasteiger partial charge >= 0.3 is 0 Å². The number of hydroxylamine groups is 1. The van der Waals surface area contributed by atoms with E-state index in [2.05, 4.69) is 37.7 Å². The molecule has 1 atom stereocenters. The summed E-state index contributed by atoms with van der Waals surface area (Å²) in [6.07, 6.45) is 0.